The highest BCUT2D eigenvalue weighted by atomic mass is 35.5. The zero-order valence-electron chi connectivity index (χ0n) is 8.62. The Hall–Kier alpha value is -1.81. The van der Waals surface area contributed by atoms with Crippen LogP contribution in [0.1, 0.15) is 15.9 Å². The fraction of sp³-hybridized carbons (Fsp3) is 0.0909. The zero-order valence-corrected chi connectivity index (χ0v) is 9.38. The maximum atomic E-state index is 11.8. The molecule has 2 rings (SSSR count). The van der Waals surface area contributed by atoms with E-state index >= 15 is 0 Å². The Bertz CT molecular complexity index is 504. The molecule has 1 heterocycles. The molecule has 4 nitrogen and oxygen atoms in total. The van der Waals surface area contributed by atoms with Crippen molar-refractivity contribution < 1.29 is 4.79 Å². The standard InChI is InChI=1S/C11H10ClN3O/c1-7-6-13-15-10(7)14-11(16)8-2-4-9(12)5-3-8/h2-6H,1H3,(H2,13,14,15,16). The average Bonchev–Trinajstić information content (AvgIpc) is 2.65. The molecule has 2 N–H and O–H groups in total. The molecule has 0 aliphatic carbocycles. The number of amides is 1. The molecule has 0 aliphatic rings. The van der Waals surface area contributed by atoms with Gasteiger partial charge in [0.15, 0.2) is 0 Å². The van der Waals surface area contributed by atoms with Crippen LogP contribution in [0.2, 0.25) is 5.02 Å². The molecule has 16 heavy (non-hydrogen) atoms. The van der Waals surface area contributed by atoms with Crippen molar-refractivity contribution in [1.29, 1.82) is 0 Å². The van der Waals surface area contributed by atoms with E-state index in [4.69, 9.17) is 11.6 Å². The number of aromatic amines is 1. The van der Waals surface area contributed by atoms with E-state index in [2.05, 4.69) is 15.5 Å². The predicted molar refractivity (Wildman–Crippen MR) is 62.7 cm³/mol. The molecule has 2 aromatic rings. The molecular formula is C11H10ClN3O. The Balaban J connectivity index is 2.15. The van der Waals surface area contributed by atoms with Crippen LogP contribution in [0.25, 0.3) is 0 Å². The van der Waals surface area contributed by atoms with Crippen LogP contribution >= 0.6 is 11.6 Å². The molecule has 1 aromatic carbocycles. The number of halogens is 1. The lowest BCUT2D eigenvalue weighted by Crippen LogP contribution is -2.12. The summed E-state index contributed by atoms with van der Waals surface area (Å²) in [7, 11) is 0. The van der Waals surface area contributed by atoms with Crippen LogP contribution in [0, 0.1) is 6.92 Å². The van der Waals surface area contributed by atoms with Crippen molar-refractivity contribution >= 4 is 23.3 Å². The van der Waals surface area contributed by atoms with Crippen LogP contribution in [-0.4, -0.2) is 16.1 Å². The topological polar surface area (TPSA) is 57.8 Å². The Morgan fingerprint density at radius 2 is 2.06 bits per heavy atom. The first-order chi connectivity index (χ1) is 7.66. The summed E-state index contributed by atoms with van der Waals surface area (Å²) in [4.78, 5) is 11.8. The molecule has 0 atom stereocenters. The van der Waals surface area contributed by atoms with Gasteiger partial charge in [0.2, 0.25) is 0 Å². The minimum Gasteiger partial charge on any atom is -0.307 e. The molecular weight excluding hydrogens is 226 g/mol. The third-order valence-corrected chi connectivity index (χ3v) is 2.43. The number of rotatable bonds is 2. The largest absolute Gasteiger partial charge is 0.307 e. The Morgan fingerprint density at radius 3 is 2.62 bits per heavy atom. The number of aromatic nitrogens is 2. The van der Waals surface area contributed by atoms with Crippen molar-refractivity contribution in [2.24, 2.45) is 0 Å². The second-order valence-electron chi connectivity index (χ2n) is 3.39. The summed E-state index contributed by atoms with van der Waals surface area (Å²) < 4.78 is 0. The number of hydrogen-bond donors (Lipinski definition) is 2. The molecule has 1 amide bonds. The predicted octanol–water partition coefficient (Wildman–Crippen LogP) is 2.62. The van der Waals surface area contributed by atoms with Crippen molar-refractivity contribution in [3.63, 3.8) is 0 Å². The van der Waals surface area contributed by atoms with Crippen molar-refractivity contribution in [2.75, 3.05) is 5.32 Å². The fourth-order valence-corrected chi connectivity index (χ4v) is 1.39. The van der Waals surface area contributed by atoms with E-state index in [0.717, 1.165) is 5.56 Å². The van der Waals surface area contributed by atoms with Crippen molar-refractivity contribution in [2.45, 2.75) is 6.92 Å². The molecule has 5 heteroatoms. The molecule has 0 saturated carbocycles. The molecule has 0 spiro atoms. The van der Waals surface area contributed by atoms with Crippen molar-refractivity contribution in [3.05, 3.63) is 46.6 Å². The van der Waals surface area contributed by atoms with Gasteiger partial charge in [-0.2, -0.15) is 5.10 Å². The van der Waals surface area contributed by atoms with E-state index in [-0.39, 0.29) is 5.91 Å². The van der Waals surface area contributed by atoms with E-state index in [1.165, 1.54) is 0 Å². The Morgan fingerprint density at radius 1 is 1.38 bits per heavy atom. The van der Waals surface area contributed by atoms with Gasteiger partial charge in [0, 0.05) is 16.1 Å². The van der Waals surface area contributed by atoms with Gasteiger partial charge in [-0.3, -0.25) is 9.89 Å². The minimum atomic E-state index is -0.191. The maximum Gasteiger partial charge on any atom is 0.256 e. The first-order valence-corrected chi connectivity index (χ1v) is 5.11. The monoisotopic (exact) mass is 235 g/mol. The normalized spacial score (nSPS) is 10.1. The van der Waals surface area contributed by atoms with Gasteiger partial charge < -0.3 is 5.32 Å². The highest BCUT2D eigenvalue weighted by Crippen LogP contribution is 2.13. The van der Waals surface area contributed by atoms with E-state index in [9.17, 15) is 4.79 Å². The molecule has 0 fully saturated rings. The average molecular weight is 236 g/mol. The molecule has 1 aromatic heterocycles. The summed E-state index contributed by atoms with van der Waals surface area (Å²) in [6.07, 6.45) is 1.65. The molecule has 0 unspecified atom stereocenters. The van der Waals surface area contributed by atoms with Crippen LogP contribution in [0.5, 0.6) is 0 Å². The summed E-state index contributed by atoms with van der Waals surface area (Å²) >= 11 is 5.74. The number of anilines is 1. The number of aryl methyl sites for hydroxylation is 1. The molecule has 0 radical (unpaired) electrons. The van der Waals surface area contributed by atoms with Crippen LogP contribution in [0.15, 0.2) is 30.5 Å². The van der Waals surface area contributed by atoms with Gasteiger partial charge in [-0.05, 0) is 31.2 Å². The van der Waals surface area contributed by atoms with Crippen molar-refractivity contribution in [1.82, 2.24) is 10.2 Å². The lowest BCUT2D eigenvalue weighted by atomic mass is 10.2. The number of H-pyrrole nitrogens is 1. The van der Waals surface area contributed by atoms with Gasteiger partial charge >= 0.3 is 0 Å². The molecule has 0 saturated heterocycles. The van der Waals surface area contributed by atoms with Gasteiger partial charge in [0.25, 0.3) is 5.91 Å². The third kappa shape index (κ3) is 2.23. The van der Waals surface area contributed by atoms with Gasteiger partial charge in [0.05, 0.1) is 6.20 Å². The zero-order chi connectivity index (χ0) is 11.5. The second-order valence-corrected chi connectivity index (χ2v) is 3.83. The summed E-state index contributed by atoms with van der Waals surface area (Å²) in [6.45, 7) is 1.86. The third-order valence-electron chi connectivity index (χ3n) is 2.17. The highest BCUT2D eigenvalue weighted by molar-refractivity contribution is 6.30. The summed E-state index contributed by atoms with van der Waals surface area (Å²) in [5, 5.41) is 9.86. The van der Waals surface area contributed by atoms with E-state index in [0.29, 0.717) is 16.4 Å². The smallest absolute Gasteiger partial charge is 0.256 e. The van der Waals surface area contributed by atoms with E-state index in [1.54, 1.807) is 30.5 Å². The van der Waals surface area contributed by atoms with Crippen LogP contribution in [-0.2, 0) is 0 Å². The Labute approximate surface area is 97.6 Å². The van der Waals surface area contributed by atoms with Gasteiger partial charge in [-0.1, -0.05) is 11.6 Å². The van der Waals surface area contributed by atoms with E-state index in [1.807, 2.05) is 6.92 Å². The second kappa shape index (κ2) is 4.37. The Kier molecular flexibility index (Phi) is 2.92. The number of carbonyl (C=O) groups excluding carboxylic acids is 1. The summed E-state index contributed by atoms with van der Waals surface area (Å²) in [5.41, 5.74) is 1.45. The molecule has 82 valence electrons. The quantitative estimate of drug-likeness (QED) is 0.841. The lowest BCUT2D eigenvalue weighted by Gasteiger charge is -2.03. The maximum absolute atomic E-state index is 11.8. The molecule has 0 bridgehead atoms. The number of nitrogens with zero attached hydrogens (tertiary/aromatic N) is 1. The van der Waals surface area contributed by atoms with Gasteiger partial charge in [0.1, 0.15) is 5.82 Å². The van der Waals surface area contributed by atoms with Crippen LogP contribution in [0.3, 0.4) is 0 Å². The van der Waals surface area contributed by atoms with Crippen LogP contribution in [0.4, 0.5) is 5.82 Å². The summed E-state index contributed by atoms with van der Waals surface area (Å²) in [6, 6.07) is 6.69. The lowest BCUT2D eigenvalue weighted by molar-refractivity contribution is 0.102. The van der Waals surface area contributed by atoms with Crippen molar-refractivity contribution in [3.8, 4) is 0 Å². The van der Waals surface area contributed by atoms with Crippen LogP contribution < -0.4 is 5.32 Å². The number of hydrogen-bond acceptors (Lipinski definition) is 2. The number of carbonyl (C=O) groups is 1. The molecule has 0 aliphatic heterocycles. The number of nitrogens with one attached hydrogen (secondary N) is 2. The van der Waals surface area contributed by atoms with E-state index < -0.39 is 0 Å². The first-order valence-electron chi connectivity index (χ1n) is 4.73. The highest BCUT2D eigenvalue weighted by Gasteiger charge is 2.08. The fourth-order valence-electron chi connectivity index (χ4n) is 1.26. The van der Waals surface area contributed by atoms with Gasteiger partial charge in [-0.25, -0.2) is 0 Å². The minimum absolute atomic E-state index is 0.191. The number of benzene rings is 1. The van der Waals surface area contributed by atoms with Gasteiger partial charge in [-0.15, -0.1) is 0 Å². The summed E-state index contributed by atoms with van der Waals surface area (Å²) in [5.74, 6) is 0.420. The first kappa shape index (κ1) is 10.7. The SMILES string of the molecule is Cc1cn[nH]c1NC(=O)c1ccc(Cl)cc1.